The fourth-order valence-electron chi connectivity index (χ4n) is 2.97. The maximum Gasteiger partial charge on any atom is 0.241 e. The highest BCUT2D eigenvalue weighted by Crippen LogP contribution is 2.18. The van der Waals surface area contributed by atoms with Gasteiger partial charge in [-0.15, -0.1) is 0 Å². The zero-order chi connectivity index (χ0) is 17.6. The number of nitrogens with one attached hydrogen (secondary N) is 1. The third kappa shape index (κ3) is 4.41. The number of rotatable bonds is 8. The van der Waals surface area contributed by atoms with Gasteiger partial charge in [0.25, 0.3) is 0 Å². The molecule has 2 aromatic rings. The van der Waals surface area contributed by atoms with Crippen LogP contribution in [0, 0.1) is 0 Å². The molecule has 0 saturated heterocycles. The van der Waals surface area contributed by atoms with Crippen LogP contribution >= 0.6 is 0 Å². The lowest BCUT2D eigenvalue weighted by molar-refractivity contribution is -0.123. The Kier molecular flexibility index (Phi) is 6.09. The van der Waals surface area contributed by atoms with E-state index in [4.69, 9.17) is 0 Å². The molecule has 24 heavy (non-hydrogen) atoms. The second kappa shape index (κ2) is 8.06. The molecule has 0 aliphatic rings. The van der Waals surface area contributed by atoms with Crippen molar-refractivity contribution in [1.29, 1.82) is 0 Å². The minimum Gasteiger partial charge on any atom is -0.388 e. The minimum atomic E-state index is -0.863. The Labute approximate surface area is 141 Å². The summed E-state index contributed by atoms with van der Waals surface area (Å²) in [6.45, 7) is 4.26. The van der Waals surface area contributed by atoms with E-state index in [9.17, 15) is 14.7 Å². The monoisotopic (exact) mass is 331 g/mol. The summed E-state index contributed by atoms with van der Waals surface area (Å²) >= 11 is 0. The number of carbonyl (C=O) groups is 1. The van der Waals surface area contributed by atoms with Crippen molar-refractivity contribution in [1.82, 2.24) is 15.1 Å². The van der Waals surface area contributed by atoms with Crippen LogP contribution in [0.3, 0.4) is 0 Å². The van der Waals surface area contributed by atoms with Gasteiger partial charge in [0.1, 0.15) is 6.54 Å². The van der Waals surface area contributed by atoms with Crippen LogP contribution in [0.2, 0.25) is 0 Å². The summed E-state index contributed by atoms with van der Waals surface area (Å²) in [5.41, 5.74) is -0.405. The first-order valence-electron chi connectivity index (χ1n) is 8.43. The number of amides is 1. The van der Waals surface area contributed by atoms with Gasteiger partial charge in [-0.05, 0) is 25.0 Å². The number of fused-ring (bicyclic) bond motifs is 1. The molecule has 0 aliphatic heterocycles. The molecule has 0 aliphatic carbocycles. The Bertz CT molecular complexity index is 749. The summed E-state index contributed by atoms with van der Waals surface area (Å²) in [5, 5.41) is 17.9. The van der Waals surface area contributed by atoms with Crippen molar-refractivity contribution < 1.29 is 9.90 Å². The van der Waals surface area contributed by atoms with Crippen LogP contribution in [0.1, 0.15) is 39.5 Å². The lowest BCUT2D eigenvalue weighted by Crippen LogP contribution is -2.44. The molecule has 1 heterocycles. The Balaban J connectivity index is 2.08. The quantitative estimate of drug-likeness (QED) is 0.773. The molecular weight excluding hydrogens is 306 g/mol. The standard InChI is InChI=1S/C18H25N3O3/c1-3-9-18(24,10-4-2)13-19-17(23)12-21-15-8-6-5-7-14(15)16(22)11-20-21/h5-8,11,24H,3-4,9-10,12-13H2,1-2H3,(H,19,23). The van der Waals surface area contributed by atoms with Gasteiger partial charge in [-0.3, -0.25) is 14.3 Å². The molecule has 1 amide bonds. The molecule has 2 rings (SSSR count). The molecule has 6 heteroatoms. The van der Waals surface area contributed by atoms with Gasteiger partial charge in [0, 0.05) is 11.9 Å². The molecule has 1 aromatic heterocycles. The average Bonchev–Trinajstić information content (AvgIpc) is 2.56. The van der Waals surface area contributed by atoms with Gasteiger partial charge in [-0.1, -0.05) is 38.8 Å². The Morgan fingerprint density at radius 3 is 2.58 bits per heavy atom. The van der Waals surface area contributed by atoms with Crippen molar-refractivity contribution in [2.24, 2.45) is 0 Å². The first-order chi connectivity index (χ1) is 11.5. The summed E-state index contributed by atoms with van der Waals surface area (Å²) in [6.07, 6.45) is 4.25. The predicted molar refractivity (Wildman–Crippen MR) is 93.8 cm³/mol. The fourth-order valence-corrected chi connectivity index (χ4v) is 2.97. The van der Waals surface area contributed by atoms with Crippen LogP contribution in [-0.2, 0) is 11.3 Å². The molecule has 0 radical (unpaired) electrons. The zero-order valence-electron chi connectivity index (χ0n) is 14.3. The number of aromatic nitrogens is 2. The van der Waals surface area contributed by atoms with Crippen LogP contribution < -0.4 is 10.7 Å². The lowest BCUT2D eigenvalue weighted by Gasteiger charge is -2.27. The maximum atomic E-state index is 12.2. The molecule has 0 unspecified atom stereocenters. The van der Waals surface area contributed by atoms with Crippen LogP contribution in [0.5, 0.6) is 0 Å². The van der Waals surface area contributed by atoms with E-state index in [0.717, 1.165) is 12.8 Å². The highest BCUT2D eigenvalue weighted by atomic mass is 16.3. The van der Waals surface area contributed by atoms with Gasteiger partial charge in [0.05, 0.1) is 17.3 Å². The van der Waals surface area contributed by atoms with E-state index in [2.05, 4.69) is 10.4 Å². The molecule has 0 bridgehead atoms. The third-order valence-corrected chi connectivity index (χ3v) is 4.10. The van der Waals surface area contributed by atoms with E-state index < -0.39 is 5.60 Å². The number of aliphatic hydroxyl groups is 1. The van der Waals surface area contributed by atoms with Crippen molar-refractivity contribution in [2.45, 2.75) is 51.7 Å². The number of benzene rings is 1. The van der Waals surface area contributed by atoms with Gasteiger partial charge < -0.3 is 10.4 Å². The van der Waals surface area contributed by atoms with Crippen LogP contribution in [0.25, 0.3) is 10.9 Å². The second-order valence-electron chi connectivity index (χ2n) is 6.18. The third-order valence-electron chi connectivity index (χ3n) is 4.10. The number of hydrogen-bond acceptors (Lipinski definition) is 4. The summed E-state index contributed by atoms with van der Waals surface area (Å²) in [6, 6.07) is 7.07. The van der Waals surface area contributed by atoms with E-state index in [1.54, 1.807) is 24.3 Å². The Morgan fingerprint density at radius 2 is 1.92 bits per heavy atom. The van der Waals surface area contributed by atoms with Crippen LogP contribution in [0.15, 0.2) is 35.3 Å². The predicted octanol–water partition coefficient (Wildman–Crippen LogP) is 1.84. The normalized spacial score (nSPS) is 11.6. The van der Waals surface area contributed by atoms with Crippen molar-refractivity contribution in [3.05, 3.63) is 40.7 Å². The molecule has 0 spiro atoms. The van der Waals surface area contributed by atoms with Crippen molar-refractivity contribution in [2.75, 3.05) is 6.54 Å². The number of nitrogens with zero attached hydrogens (tertiary/aromatic N) is 2. The van der Waals surface area contributed by atoms with Crippen molar-refractivity contribution in [3.8, 4) is 0 Å². The summed E-state index contributed by atoms with van der Waals surface area (Å²) in [5.74, 6) is -0.234. The van der Waals surface area contributed by atoms with Gasteiger partial charge in [0.2, 0.25) is 11.3 Å². The van der Waals surface area contributed by atoms with E-state index in [1.807, 2.05) is 13.8 Å². The minimum absolute atomic E-state index is 0.00905. The highest BCUT2D eigenvalue weighted by molar-refractivity contribution is 5.81. The molecule has 0 saturated carbocycles. The smallest absolute Gasteiger partial charge is 0.241 e. The Hall–Kier alpha value is -2.21. The first-order valence-corrected chi connectivity index (χ1v) is 8.43. The van der Waals surface area contributed by atoms with E-state index in [1.165, 1.54) is 10.9 Å². The summed E-state index contributed by atoms with van der Waals surface area (Å²) in [4.78, 5) is 24.0. The molecule has 130 valence electrons. The summed E-state index contributed by atoms with van der Waals surface area (Å²) < 4.78 is 1.50. The van der Waals surface area contributed by atoms with E-state index in [-0.39, 0.29) is 24.4 Å². The van der Waals surface area contributed by atoms with Crippen molar-refractivity contribution >= 4 is 16.8 Å². The fraction of sp³-hybridized carbons (Fsp3) is 0.500. The molecular formula is C18H25N3O3. The van der Waals surface area contributed by atoms with Crippen molar-refractivity contribution in [3.63, 3.8) is 0 Å². The number of carbonyl (C=O) groups excluding carboxylic acids is 1. The lowest BCUT2D eigenvalue weighted by atomic mass is 9.92. The largest absolute Gasteiger partial charge is 0.388 e. The first kappa shape index (κ1) is 18.1. The average molecular weight is 331 g/mol. The molecule has 0 fully saturated rings. The maximum absolute atomic E-state index is 12.2. The van der Waals surface area contributed by atoms with Crippen LogP contribution in [-0.4, -0.2) is 32.9 Å². The Morgan fingerprint density at radius 1 is 1.25 bits per heavy atom. The number of para-hydroxylation sites is 1. The topological polar surface area (TPSA) is 84.2 Å². The van der Waals surface area contributed by atoms with E-state index in [0.29, 0.717) is 23.7 Å². The van der Waals surface area contributed by atoms with Crippen LogP contribution in [0.4, 0.5) is 0 Å². The highest BCUT2D eigenvalue weighted by Gasteiger charge is 2.25. The second-order valence-corrected chi connectivity index (χ2v) is 6.18. The van der Waals surface area contributed by atoms with Gasteiger partial charge in [-0.25, -0.2) is 0 Å². The molecule has 2 N–H and O–H groups in total. The van der Waals surface area contributed by atoms with E-state index >= 15 is 0 Å². The number of hydrogen-bond donors (Lipinski definition) is 2. The molecule has 0 atom stereocenters. The van der Waals surface area contributed by atoms with Gasteiger partial charge >= 0.3 is 0 Å². The molecule has 6 nitrogen and oxygen atoms in total. The zero-order valence-corrected chi connectivity index (χ0v) is 14.3. The van der Waals surface area contributed by atoms with Gasteiger partial charge in [-0.2, -0.15) is 5.10 Å². The SMILES string of the molecule is CCCC(O)(CCC)CNC(=O)Cn1ncc(=O)c2ccccc21. The van der Waals surface area contributed by atoms with Gasteiger partial charge in [0.15, 0.2) is 0 Å². The summed E-state index contributed by atoms with van der Waals surface area (Å²) in [7, 11) is 0. The molecule has 1 aromatic carbocycles.